The second kappa shape index (κ2) is 7.59. The first-order valence-electron chi connectivity index (χ1n) is 8.83. The number of rotatable bonds is 5. The molecule has 0 atom stereocenters. The molecule has 0 saturated heterocycles. The van der Waals surface area contributed by atoms with E-state index in [4.69, 9.17) is 8.83 Å². The van der Waals surface area contributed by atoms with Crippen molar-refractivity contribution in [3.05, 3.63) is 58.3 Å². The van der Waals surface area contributed by atoms with Crippen LogP contribution in [0.25, 0.3) is 22.4 Å². The van der Waals surface area contributed by atoms with Crippen LogP contribution in [0.1, 0.15) is 18.2 Å². The topological polar surface area (TPSA) is 103 Å². The Morgan fingerprint density at radius 1 is 1.24 bits per heavy atom. The summed E-state index contributed by atoms with van der Waals surface area (Å²) in [6.45, 7) is 3.30. The summed E-state index contributed by atoms with van der Waals surface area (Å²) in [7, 11) is 1.89. The Morgan fingerprint density at radius 3 is 2.79 bits per heavy atom. The van der Waals surface area contributed by atoms with E-state index in [0.717, 1.165) is 33.3 Å². The van der Waals surface area contributed by atoms with Gasteiger partial charge in [0.2, 0.25) is 5.91 Å². The van der Waals surface area contributed by atoms with Gasteiger partial charge in [-0.2, -0.15) is 0 Å². The maximum absolute atomic E-state index is 12.0. The van der Waals surface area contributed by atoms with Crippen molar-refractivity contribution >= 4 is 34.3 Å². The second-order valence-electron chi connectivity index (χ2n) is 6.53. The van der Waals surface area contributed by atoms with Crippen molar-refractivity contribution in [2.75, 3.05) is 5.32 Å². The van der Waals surface area contributed by atoms with E-state index in [1.165, 1.54) is 24.8 Å². The number of carbonyl (C=O) groups is 1. The summed E-state index contributed by atoms with van der Waals surface area (Å²) in [6.07, 6.45) is 1.62. The predicted molar refractivity (Wildman–Crippen MR) is 110 cm³/mol. The fourth-order valence-electron chi connectivity index (χ4n) is 3.06. The summed E-state index contributed by atoms with van der Waals surface area (Å²) in [6, 6.07) is 8.59. The Morgan fingerprint density at radius 2 is 2.07 bits per heavy atom. The molecule has 1 aromatic carbocycles. The molecule has 0 radical (unpaired) electrons. The van der Waals surface area contributed by atoms with Crippen molar-refractivity contribution < 1.29 is 13.6 Å². The van der Waals surface area contributed by atoms with Crippen molar-refractivity contribution in [2.45, 2.75) is 24.8 Å². The third-order valence-corrected chi connectivity index (χ3v) is 5.51. The van der Waals surface area contributed by atoms with Gasteiger partial charge in [-0.15, -0.1) is 10.2 Å². The maximum Gasteiger partial charge on any atom is 0.336 e. The standard InChI is InChI=1S/C20H18N4O4S/c1-11-15(6-7-27-11)19-22-23-20(24(19)3)29-10-13-8-18(26)28-17-9-14(21-12(2)25)4-5-16(13)17/h4-9H,10H2,1-3H3,(H,21,25). The van der Waals surface area contributed by atoms with Crippen molar-refractivity contribution in [3.63, 3.8) is 0 Å². The number of anilines is 1. The quantitative estimate of drug-likeness (QED) is 0.395. The lowest BCUT2D eigenvalue weighted by atomic mass is 10.1. The number of aryl methyl sites for hydroxylation is 1. The minimum Gasteiger partial charge on any atom is -0.469 e. The van der Waals surface area contributed by atoms with Crippen LogP contribution in [0.4, 0.5) is 5.69 Å². The largest absolute Gasteiger partial charge is 0.469 e. The number of nitrogens with zero attached hydrogens (tertiary/aromatic N) is 3. The van der Waals surface area contributed by atoms with Crippen molar-refractivity contribution in [3.8, 4) is 11.4 Å². The van der Waals surface area contributed by atoms with Gasteiger partial charge in [-0.1, -0.05) is 11.8 Å². The van der Waals surface area contributed by atoms with Gasteiger partial charge < -0.3 is 18.7 Å². The van der Waals surface area contributed by atoms with E-state index in [-0.39, 0.29) is 5.91 Å². The number of hydrogen-bond donors (Lipinski definition) is 1. The van der Waals surface area contributed by atoms with Crippen LogP contribution >= 0.6 is 11.8 Å². The molecule has 8 nitrogen and oxygen atoms in total. The Hall–Kier alpha value is -3.33. The number of amides is 1. The lowest BCUT2D eigenvalue weighted by Gasteiger charge is -2.08. The molecular weight excluding hydrogens is 392 g/mol. The number of thioether (sulfide) groups is 1. The molecule has 3 heterocycles. The van der Waals surface area contributed by atoms with Crippen LogP contribution in [-0.2, 0) is 17.6 Å². The third-order valence-electron chi connectivity index (χ3n) is 4.44. The van der Waals surface area contributed by atoms with Crippen LogP contribution in [0.3, 0.4) is 0 Å². The molecule has 0 aliphatic heterocycles. The van der Waals surface area contributed by atoms with Crippen LogP contribution in [0.15, 0.2) is 55.4 Å². The number of furan rings is 1. The molecule has 1 amide bonds. The van der Waals surface area contributed by atoms with Crippen LogP contribution in [0.5, 0.6) is 0 Å². The number of carbonyl (C=O) groups excluding carboxylic acids is 1. The average Bonchev–Trinajstić information content (AvgIpc) is 3.24. The second-order valence-corrected chi connectivity index (χ2v) is 7.47. The van der Waals surface area contributed by atoms with Gasteiger partial charge >= 0.3 is 5.63 Å². The van der Waals surface area contributed by atoms with Gasteiger partial charge in [0.05, 0.1) is 11.8 Å². The van der Waals surface area contributed by atoms with E-state index >= 15 is 0 Å². The first kappa shape index (κ1) is 19.0. The van der Waals surface area contributed by atoms with Gasteiger partial charge in [-0.25, -0.2) is 4.79 Å². The number of aromatic nitrogens is 3. The van der Waals surface area contributed by atoms with Crippen molar-refractivity contribution in [1.82, 2.24) is 14.8 Å². The molecule has 0 bridgehead atoms. The number of fused-ring (bicyclic) bond motifs is 1. The molecule has 0 fully saturated rings. The molecule has 148 valence electrons. The molecule has 0 aliphatic rings. The average molecular weight is 410 g/mol. The lowest BCUT2D eigenvalue weighted by Crippen LogP contribution is -2.06. The van der Waals surface area contributed by atoms with E-state index in [2.05, 4.69) is 15.5 Å². The van der Waals surface area contributed by atoms with Gasteiger partial charge in [-0.3, -0.25) is 4.79 Å². The van der Waals surface area contributed by atoms with Crippen LogP contribution in [0.2, 0.25) is 0 Å². The summed E-state index contributed by atoms with van der Waals surface area (Å²) in [5.74, 6) is 1.82. The lowest BCUT2D eigenvalue weighted by molar-refractivity contribution is -0.114. The van der Waals surface area contributed by atoms with E-state index in [1.54, 1.807) is 18.4 Å². The summed E-state index contributed by atoms with van der Waals surface area (Å²) < 4.78 is 12.5. The summed E-state index contributed by atoms with van der Waals surface area (Å²) >= 11 is 1.47. The molecule has 4 aromatic rings. The molecule has 29 heavy (non-hydrogen) atoms. The zero-order valence-electron chi connectivity index (χ0n) is 16.1. The highest BCUT2D eigenvalue weighted by molar-refractivity contribution is 7.98. The number of benzene rings is 1. The van der Waals surface area contributed by atoms with Crippen molar-refractivity contribution in [2.24, 2.45) is 7.05 Å². The van der Waals surface area contributed by atoms with Gasteiger partial charge in [-0.05, 0) is 30.7 Å². The molecule has 4 rings (SSSR count). The number of nitrogens with one attached hydrogen (secondary N) is 1. The fraction of sp³-hybridized carbons (Fsp3) is 0.200. The zero-order valence-corrected chi connectivity index (χ0v) is 16.9. The maximum atomic E-state index is 12.0. The van der Waals surface area contributed by atoms with Gasteiger partial charge in [0, 0.05) is 42.9 Å². The molecule has 3 aromatic heterocycles. The molecule has 0 aliphatic carbocycles. The van der Waals surface area contributed by atoms with E-state index in [0.29, 0.717) is 17.0 Å². The summed E-state index contributed by atoms with van der Waals surface area (Å²) in [4.78, 5) is 23.3. The minimum atomic E-state index is -0.444. The van der Waals surface area contributed by atoms with E-state index in [9.17, 15) is 9.59 Å². The number of hydrogen-bond acceptors (Lipinski definition) is 7. The summed E-state index contributed by atoms with van der Waals surface area (Å²) in [5, 5.41) is 12.7. The van der Waals surface area contributed by atoms with Crippen LogP contribution < -0.4 is 10.9 Å². The highest BCUT2D eigenvalue weighted by Crippen LogP contribution is 2.30. The Balaban J connectivity index is 1.62. The first-order valence-corrected chi connectivity index (χ1v) is 9.82. The Labute approximate surface area is 169 Å². The highest BCUT2D eigenvalue weighted by Gasteiger charge is 2.16. The van der Waals surface area contributed by atoms with E-state index < -0.39 is 5.63 Å². The van der Waals surface area contributed by atoms with Crippen LogP contribution in [0, 0.1) is 6.92 Å². The Bertz CT molecular complexity index is 1270. The van der Waals surface area contributed by atoms with Gasteiger partial charge in [0.25, 0.3) is 0 Å². The smallest absolute Gasteiger partial charge is 0.336 e. The zero-order chi connectivity index (χ0) is 20.5. The minimum absolute atomic E-state index is 0.190. The molecule has 0 saturated carbocycles. The Kier molecular flexibility index (Phi) is 4.98. The highest BCUT2D eigenvalue weighted by atomic mass is 32.2. The SMILES string of the molecule is CC(=O)Nc1ccc2c(CSc3nnc(-c4ccoc4C)n3C)cc(=O)oc2c1. The first-order chi connectivity index (χ1) is 13.9. The van der Waals surface area contributed by atoms with Crippen molar-refractivity contribution in [1.29, 1.82) is 0 Å². The predicted octanol–water partition coefficient (Wildman–Crippen LogP) is 3.74. The van der Waals surface area contributed by atoms with E-state index in [1.807, 2.05) is 30.7 Å². The summed E-state index contributed by atoms with van der Waals surface area (Å²) in [5.41, 5.74) is 2.27. The molecule has 9 heteroatoms. The fourth-order valence-corrected chi connectivity index (χ4v) is 3.97. The van der Waals surface area contributed by atoms with Gasteiger partial charge in [0.15, 0.2) is 11.0 Å². The third kappa shape index (κ3) is 3.81. The monoisotopic (exact) mass is 410 g/mol. The molecular formula is C20H18N4O4S. The normalized spacial score (nSPS) is 11.1. The van der Waals surface area contributed by atoms with Crippen LogP contribution in [-0.4, -0.2) is 20.7 Å². The molecule has 1 N–H and O–H groups in total. The molecule has 0 spiro atoms. The molecule has 0 unspecified atom stereocenters. The van der Waals surface area contributed by atoms with Gasteiger partial charge in [0.1, 0.15) is 11.3 Å².